The summed E-state index contributed by atoms with van der Waals surface area (Å²) >= 11 is 0. The molecule has 4 unspecified atom stereocenters. The molecule has 94 valence electrons. The molecule has 1 aliphatic carbocycles. The Morgan fingerprint density at radius 2 is 2.00 bits per heavy atom. The van der Waals surface area contributed by atoms with Crippen molar-refractivity contribution in [2.45, 2.75) is 52.1 Å². The molecule has 16 heavy (non-hydrogen) atoms. The highest BCUT2D eigenvalue weighted by Crippen LogP contribution is 2.47. The molecule has 2 heteroatoms. The van der Waals surface area contributed by atoms with E-state index in [0.29, 0.717) is 23.7 Å². The number of hydrogen-bond acceptors (Lipinski definition) is 2. The molecular formula is C14H26O2. The molecule has 1 saturated heterocycles. The fourth-order valence-corrected chi connectivity index (χ4v) is 3.83. The number of aliphatic hydroxyl groups is 1. The van der Waals surface area contributed by atoms with E-state index in [4.69, 9.17) is 4.74 Å². The summed E-state index contributed by atoms with van der Waals surface area (Å²) in [5, 5.41) is 11.1. The summed E-state index contributed by atoms with van der Waals surface area (Å²) in [5.41, 5.74) is -0.456. The highest BCUT2D eigenvalue weighted by molar-refractivity contribution is 4.99. The van der Waals surface area contributed by atoms with Crippen LogP contribution in [0.4, 0.5) is 0 Å². The Kier molecular flexibility index (Phi) is 3.60. The number of ether oxygens (including phenoxy) is 1. The zero-order chi connectivity index (χ0) is 11.8. The molecule has 2 aliphatic rings. The SMILES string of the molecule is CC1CCC(C(C)C)C(O)(C2CCOC2)C1. The maximum atomic E-state index is 11.1. The van der Waals surface area contributed by atoms with Gasteiger partial charge in [-0.05, 0) is 37.0 Å². The minimum Gasteiger partial charge on any atom is -0.389 e. The van der Waals surface area contributed by atoms with Gasteiger partial charge in [-0.3, -0.25) is 0 Å². The van der Waals surface area contributed by atoms with Gasteiger partial charge in [0.15, 0.2) is 0 Å². The monoisotopic (exact) mass is 226 g/mol. The van der Waals surface area contributed by atoms with Crippen LogP contribution < -0.4 is 0 Å². The Labute approximate surface area is 99.4 Å². The van der Waals surface area contributed by atoms with Gasteiger partial charge in [0.25, 0.3) is 0 Å². The lowest BCUT2D eigenvalue weighted by Crippen LogP contribution is -2.51. The van der Waals surface area contributed by atoms with Gasteiger partial charge in [0.05, 0.1) is 12.2 Å². The number of rotatable bonds is 2. The second-order valence-electron chi connectivity index (χ2n) is 6.29. The molecule has 2 fully saturated rings. The first kappa shape index (κ1) is 12.4. The molecule has 0 radical (unpaired) electrons. The van der Waals surface area contributed by atoms with Crippen LogP contribution in [-0.2, 0) is 4.74 Å². The lowest BCUT2D eigenvalue weighted by Gasteiger charge is -2.48. The first-order chi connectivity index (χ1) is 7.54. The van der Waals surface area contributed by atoms with Crippen LogP contribution in [0.5, 0.6) is 0 Å². The lowest BCUT2D eigenvalue weighted by molar-refractivity contribution is -0.122. The van der Waals surface area contributed by atoms with E-state index in [9.17, 15) is 5.11 Å². The first-order valence-corrected chi connectivity index (χ1v) is 6.84. The van der Waals surface area contributed by atoms with Crippen molar-refractivity contribution >= 4 is 0 Å². The smallest absolute Gasteiger partial charge is 0.0731 e. The Bertz CT molecular complexity index is 233. The second kappa shape index (κ2) is 4.66. The van der Waals surface area contributed by atoms with Gasteiger partial charge in [0.2, 0.25) is 0 Å². The van der Waals surface area contributed by atoms with Crippen LogP contribution in [0.2, 0.25) is 0 Å². The Hall–Kier alpha value is -0.0800. The molecule has 0 aromatic heterocycles. The molecule has 1 N–H and O–H groups in total. The van der Waals surface area contributed by atoms with Crippen LogP contribution in [0, 0.1) is 23.7 Å². The van der Waals surface area contributed by atoms with Gasteiger partial charge in [-0.25, -0.2) is 0 Å². The molecule has 1 aliphatic heterocycles. The van der Waals surface area contributed by atoms with Crippen molar-refractivity contribution < 1.29 is 9.84 Å². The highest BCUT2D eigenvalue weighted by atomic mass is 16.5. The maximum Gasteiger partial charge on any atom is 0.0731 e. The minimum atomic E-state index is -0.456. The fourth-order valence-electron chi connectivity index (χ4n) is 3.83. The predicted octanol–water partition coefficient (Wildman–Crippen LogP) is 2.85. The van der Waals surface area contributed by atoms with Gasteiger partial charge in [0, 0.05) is 12.5 Å². The van der Waals surface area contributed by atoms with Crippen molar-refractivity contribution in [2.24, 2.45) is 23.7 Å². The summed E-state index contributed by atoms with van der Waals surface area (Å²) in [4.78, 5) is 0. The third-order valence-corrected chi connectivity index (χ3v) is 4.73. The van der Waals surface area contributed by atoms with Gasteiger partial charge in [-0.15, -0.1) is 0 Å². The molecule has 0 spiro atoms. The third-order valence-electron chi connectivity index (χ3n) is 4.73. The van der Waals surface area contributed by atoms with Crippen molar-refractivity contribution in [3.8, 4) is 0 Å². The largest absolute Gasteiger partial charge is 0.389 e. The molecule has 0 aromatic rings. The topological polar surface area (TPSA) is 29.5 Å². The van der Waals surface area contributed by atoms with Gasteiger partial charge in [0.1, 0.15) is 0 Å². The predicted molar refractivity (Wildman–Crippen MR) is 65.2 cm³/mol. The van der Waals surface area contributed by atoms with Gasteiger partial charge >= 0.3 is 0 Å². The van der Waals surface area contributed by atoms with Crippen LogP contribution >= 0.6 is 0 Å². The summed E-state index contributed by atoms with van der Waals surface area (Å²) in [6.07, 6.45) is 4.49. The molecular weight excluding hydrogens is 200 g/mol. The zero-order valence-corrected chi connectivity index (χ0v) is 10.9. The Balaban J connectivity index is 2.16. The van der Waals surface area contributed by atoms with Crippen molar-refractivity contribution in [2.75, 3.05) is 13.2 Å². The van der Waals surface area contributed by atoms with E-state index in [-0.39, 0.29) is 0 Å². The molecule has 2 nitrogen and oxygen atoms in total. The van der Waals surface area contributed by atoms with E-state index in [1.807, 2.05) is 0 Å². The summed E-state index contributed by atoms with van der Waals surface area (Å²) < 4.78 is 5.48. The van der Waals surface area contributed by atoms with E-state index in [2.05, 4.69) is 20.8 Å². The summed E-state index contributed by atoms with van der Waals surface area (Å²) in [7, 11) is 0. The fraction of sp³-hybridized carbons (Fsp3) is 1.00. The maximum absolute atomic E-state index is 11.1. The van der Waals surface area contributed by atoms with Gasteiger partial charge in [-0.1, -0.05) is 27.2 Å². The van der Waals surface area contributed by atoms with Crippen molar-refractivity contribution in [1.29, 1.82) is 0 Å². The molecule has 0 amide bonds. The summed E-state index contributed by atoms with van der Waals surface area (Å²) in [5.74, 6) is 2.09. The van der Waals surface area contributed by atoms with Crippen LogP contribution in [0.1, 0.15) is 46.5 Å². The minimum absolute atomic E-state index is 0.377. The molecule has 1 heterocycles. The average Bonchev–Trinajstić information content (AvgIpc) is 2.69. The van der Waals surface area contributed by atoms with Crippen LogP contribution in [0.3, 0.4) is 0 Å². The lowest BCUT2D eigenvalue weighted by atomic mass is 9.62. The average molecular weight is 226 g/mol. The van der Waals surface area contributed by atoms with Gasteiger partial charge in [-0.2, -0.15) is 0 Å². The highest BCUT2D eigenvalue weighted by Gasteiger charge is 2.48. The normalized spacial score (nSPS) is 45.2. The van der Waals surface area contributed by atoms with E-state index >= 15 is 0 Å². The van der Waals surface area contributed by atoms with Crippen molar-refractivity contribution in [3.05, 3.63) is 0 Å². The standard InChI is InChI=1S/C14H26O2/c1-10(2)13-5-4-11(3)8-14(13,15)12-6-7-16-9-12/h10-13,15H,4-9H2,1-3H3. The van der Waals surface area contributed by atoms with Crippen LogP contribution in [0.15, 0.2) is 0 Å². The Morgan fingerprint density at radius 3 is 2.56 bits per heavy atom. The Morgan fingerprint density at radius 1 is 1.25 bits per heavy atom. The van der Waals surface area contributed by atoms with Crippen LogP contribution in [0.25, 0.3) is 0 Å². The van der Waals surface area contributed by atoms with E-state index in [1.54, 1.807) is 0 Å². The quantitative estimate of drug-likeness (QED) is 0.784. The van der Waals surface area contributed by atoms with Crippen molar-refractivity contribution in [3.63, 3.8) is 0 Å². The number of hydrogen-bond donors (Lipinski definition) is 1. The van der Waals surface area contributed by atoms with E-state index < -0.39 is 5.60 Å². The molecule has 4 atom stereocenters. The van der Waals surface area contributed by atoms with Crippen LogP contribution in [-0.4, -0.2) is 23.9 Å². The second-order valence-corrected chi connectivity index (χ2v) is 6.29. The summed E-state index contributed by atoms with van der Waals surface area (Å²) in [6.45, 7) is 8.39. The molecule has 0 aromatic carbocycles. The van der Waals surface area contributed by atoms with Crippen molar-refractivity contribution in [1.82, 2.24) is 0 Å². The zero-order valence-electron chi connectivity index (χ0n) is 10.9. The third kappa shape index (κ3) is 2.14. The first-order valence-electron chi connectivity index (χ1n) is 6.84. The molecule has 2 rings (SSSR count). The van der Waals surface area contributed by atoms with E-state index in [1.165, 1.54) is 12.8 Å². The molecule has 1 saturated carbocycles. The van der Waals surface area contributed by atoms with Gasteiger partial charge < -0.3 is 9.84 Å². The van der Waals surface area contributed by atoms with E-state index in [0.717, 1.165) is 26.1 Å². The summed E-state index contributed by atoms with van der Waals surface area (Å²) in [6, 6.07) is 0. The molecule has 0 bridgehead atoms.